The fourth-order valence-corrected chi connectivity index (χ4v) is 2.30. The molecule has 0 aliphatic carbocycles. The molecule has 2 rings (SSSR count). The molecule has 0 saturated heterocycles. The summed E-state index contributed by atoms with van der Waals surface area (Å²) in [5.41, 5.74) is 1.36. The second-order valence-electron chi connectivity index (χ2n) is 5.10. The van der Waals surface area contributed by atoms with E-state index in [1.807, 2.05) is 0 Å². The van der Waals surface area contributed by atoms with Gasteiger partial charge in [-0.05, 0) is 30.2 Å². The molecule has 0 aliphatic heterocycles. The van der Waals surface area contributed by atoms with Crippen LogP contribution < -0.4 is 0 Å². The number of benzene rings is 1. The second kappa shape index (κ2) is 7.80. The Bertz CT molecular complexity index is 663. The van der Waals surface area contributed by atoms with Crippen LogP contribution in [0.5, 0.6) is 5.75 Å². The standard InChI is InChI=1S/C16H17ClN2O4/c17-13-7-12(8-18-9-13)15(21)10-19(16(22)23)6-5-11-1-3-14(20)4-2-11/h1-4,7-9,15,20-21H,5-6,10H2,(H,22,23)/t15-/m1/s1. The van der Waals surface area contributed by atoms with Gasteiger partial charge in [0, 0.05) is 24.5 Å². The predicted octanol–water partition coefficient (Wildman–Crippen LogP) is 2.70. The third kappa shape index (κ3) is 5.12. The number of aromatic hydroxyl groups is 1. The number of carbonyl (C=O) groups is 1. The minimum Gasteiger partial charge on any atom is -0.508 e. The number of aromatic nitrogens is 1. The normalized spacial score (nSPS) is 11.9. The quantitative estimate of drug-likeness (QED) is 0.754. The minimum absolute atomic E-state index is 0.0740. The molecule has 0 saturated carbocycles. The number of carboxylic acid groups (broad SMARTS) is 1. The lowest BCUT2D eigenvalue weighted by atomic mass is 10.1. The zero-order chi connectivity index (χ0) is 16.8. The Labute approximate surface area is 138 Å². The van der Waals surface area contributed by atoms with Crippen LogP contribution in [0.25, 0.3) is 0 Å². The van der Waals surface area contributed by atoms with Gasteiger partial charge in [0.05, 0.1) is 17.7 Å². The maximum Gasteiger partial charge on any atom is 0.407 e. The maximum absolute atomic E-state index is 11.3. The third-order valence-corrected chi connectivity index (χ3v) is 3.59. The summed E-state index contributed by atoms with van der Waals surface area (Å²) in [7, 11) is 0. The molecule has 0 spiro atoms. The fraction of sp³-hybridized carbons (Fsp3) is 0.250. The largest absolute Gasteiger partial charge is 0.508 e. The molecule has 0 bridgehead atoms. The molecule has 23 heavy (non-hydrogen) atoms. The van der Waals surface area contributed by atoms with Crippen molar-refractivity contribution in [1.82, 2.24) is 9.88 Å². The first-order valence-electron chi connectivity index (χ1n) is 7.00. The number of aliphatic hydroxyl groups is 1. The number of hydrogen-bond donors (Lipinski definition) is 3. The van der Waals surface area contributed by atoms with Gasteiger partial charge in [0.2, 0.25) is 0 Å². The number of aliphatic hydroxyl groups excluding tert-OH is 1. The Morgan fingerprint density at radius 2 is 1.96 bits per heavy atom. The molecule has 0 aliphatic rings. The first kappa shape index (κ1) is 17.1. The third-order valence-electron chi connectivity index (χ3n) is 3.38. The van der Waals surface area contributed by atoms with Gasteiger partial charge >= 0.3 is 6.09 Å². The molecule has 2 aromatic rings. The van der Waals surface area contributed by atoms with Crippen molar-refractivity contribution in [2.24, 2.45) is 0 Å². The lowest BCUT2D eigenvalue weighted by Crippen LogP contribution is -2.35. The van der Waals surface area contributed by atoms with Gasteiger partial charge in [-0.15, -0.1) is 0 Å². The van der Waals surface area contributed by atoms with Crippen molar-refractivity contribution < 1.29 is 20.1 Å². The SMILES string of the molecule is O=C(O)N(CCc1ccc(O)cc1)C[C@@H](O)c1cncc(Cl)c1. The second-order valence-corrected chi connectivity index (χ2v) is 5.53. The summed E-state index contributed by atoms with van der Waals surface area (Å²) in [6.07, 6.45) is 1.26. The van der Waals surface area contributed by atoms with E-state index in [4.69, 9.17) is 11.6 Å². The molecule has 6 nitrogen and oxygen atoms in total. The zero-order valence-electron chi connectivity index (χ0n) is 12.3. The molecular weight excluding hydrogens is 320 g/mol. The van der Waals surface area contributed by atoms with Gasteiger partial charge in [0.15, 0.2) is 0 Å². The van der Waals surface area contributed by atoms with E-state index >= 15 is 0 Å². The van der Waals surface area contributed by atoms with Crippen LogP contribution in [-0.4, -0.2) is 44.4 Å². The number of phenolic OH excluding ortho intramolecular Hbond substituents is 1. The van der Waals surface area contributed by atoms with Crippen LogP contribution in [-0.2, 0) is 6.42 Å². The van der Waals surface area contributed by atoms with Crippen LogP contribution in [0.4, 0.5) is 4.79 Å². The van der Waals surface area contributed by atoms with Crippen molar-refractivity contribution in [3.63, 3.8) is 0 Å². The highest BCUT2D eigenvalue weighted by Crippen LogP contribution is 2.18. The molecule has 1 atom stereocenters. The smallest absolute Gasteiger partial charge is 0.407 e. The topological polar surface area (TPSA) is 93.9 Å². The van der Waals surface area contributed by atoms with Crippen molar-refractivity contribution in [3.8, 4) is 5.75 Å². The summed E-state index contributed by atoms with van der Waals surface area (Å²) < 4.78 is 0. The molecule has 3 N–H and O–H groups in total. The Morgan fingerprint density at radius 1 is 1.26 bits per heavy atom. The van der Waals surface area contributed by atoms with Gasteiger partial charge in [-0.3, -0.25) is 4.98 Å². The molecule has 1 amide bonds. The van der Waals surface area contributed by atoms with Gasteiger partial charge in [0.1, 0.15) is 5.75 Å². The summed E-state index contributed by atoms with van der Waals surface area (Å²) in [6, 6.07) is 8.11. The lowest BCUT2D eigenvalue weighted by Gasteiger charge is -2.22. The van der Waals surface area contributed by atoms with E-state index in [2.05, 4.69) is 4.98 Å². The van der Waals surface area contributed by atoms with Crippen molar-refractivity contribution >= 4 is 17.7 Å². The van der Waals surface area contributed by atoms with E-state index < -0.39 is 12.2 Å². The number of rotatable bonds is 6. The monoisotopic (exact) mass is 336 g/mol. The predicted molar refractivity (Wildman–Crippen MR) is 85.6 cm³/mol. The lowest BCUT2D eigenvalue weighted by molar-refractivity contribution is 0.0971. The van der Waals surface area contributed by atoms with E-state index in [0.717, 1.165) is 10.5 Å². The first-order valence-corrected chi connectivity index (χ1v) is 7.38. The Balaban J connectivity index is 1.98. The van der Waals surface area contributed by atoms with Crippen LogP contribution in [0.3, 0.4) is 0 Å². The fourth-order valence-electron chi connectivity index (χ4n) is 2.12. The Hall–Kier alpha value is -2.31. The average Bonchev–Trinajstić information content (AvgIpc) is 2.52. The molecule has 1 aromatic heterocycles. The van der Waals surface area contributed by atoms with Crippen LogP contribution in [0.15, 0.2) is 42.7 Å². The summed E-state index contributed by atoms with van der Waals surface area (Å²) in [4.78, 5) is 16.4. The summed E-state index contributed by atoms with van der Waals surface area (Å²) >= 11 is 5.82. The van der Waals surface area contributed by atoms with Crippen LogP contribution >= 0.6 is 11.6 Å². The summed E-state index contributed by atoms with van der Waals surface area (Å²) in [5.74, 6) is 0.160. The number of nitrogens with zero attached hydrogens (tertiary/aromatic N) is 2. The van der Waals surface area contributed by atoms with Crippen LogP contribution in [0.1, 0.15) is 17.2 Å². The summed E-state index contributed by atoms with van der Waals surface area (Å²) in [6.45, 7) is 0.153. The van der Waals surface area contributed by atoms with Gasteiger partial charge in [-0.2, -0.15) is 0 Å². The van der Waals surface area contributed by atoms with Crippen LogP contribution in [0.2, 0.25) is 5.02 Å². The molecule has 122 valence electrons. The molecule has 1 aromatic carbocycles. The highest BCUT2D eigenvalue weighted by molar-refractivity contribution is 6.30. The van der Waals surface area contributed by atoms with E-state index in [1.54, 1.807) is 30.3 Å². The van der Waals surface area contributed by atoms with E-state index in [-0.39, 0.29) is 18.8 Å². The van der Waals surface area contributed by atoms with E-state index in [1.165, 1.54) is 12.4 Å². The van der Waals surface area contributed by atoms with Crippen molar-refractivity contribution in [2.45, 2.75) is 12.5 Å². The Morgan fingerprint density at radius 3 is 2.57 bits per heavy atom. The molecule has 0 unspecified atom stereocenters. The number of halogens is 1. The van der Waals surface area contributed by atoms with Gasteiger partial charge < -0.3 is 20.2 Å². The molecule has 0 fully saturated rings. The summed E-state index contributed by atoms with van der Waals surface area (Å²) in [5, 5.41) is 29.1. The van der Waals surface area contributed by atoms with Gasteiger partial charge in [-0.1, -0.05) is 23.7 Å². The van der Waals surface area contributed by atoms with E-state index in [0.29, 0.717) is 17.0 Å². The molecule has 7 heteroatoms. The average molecular weight is 337 g/mol. The van der Waals surface area contributed by atoms with Crippen molar-refractivity contribution in [3.05, 3.63) is 58.9 Å². The van der Waals surface area contributed by atoms with Gasteiger partial charge in [-0.25, -0.2) is 4.79 Å². The molecular formula is C16H17ClN2O4. The highest BCUT2D eigenvalue weighted by Gasteiger charge is 2.18. The Kier molecular flexibility index (Phi) is 5.78. The highest BCUT2D eigenvalue weighted by atomic mass is 35.5. The minimum atomic E-state index is -1.11. The number of pyridine rings is 1. The number of phenols is 1. The zero-order valence-corrected chi connectivity index (χ0v) is 13.0. The molecule has 0 radical (unpaired) electrons. The number of amides is 1. The number of hydrogen-bond acceptors (Lipinski definition) is 4. The van der Waals surface area contributed by atoms with Crippen molar-refractivity contribution in [1.29, 1.82) is 0 Å². The first-order chi connectivity index (χ1) is 11.0. The molecule has 1 heterocycles. The van der Waals surface area contributed by atoms with Crippen LogP contribution in [0, 0.1) is 0 Å². The van der Waals surface area contributed by atoms with E-state index in [9.17, 15) is 20.1 Å². The van der Waals surface area contributed by atoms with Crippen molar-refractivity contribution in [2.75, 3.05) is 13.1 Å². The van der Waals surface area contributed by atoms with Gasteiger partial charge in [0.25, 0.3) is 0 Å². The maximum atomic E-state index is 11.3.